The Balaban J connectivity index is 3.20. The zero-order chi connectivity index (χ0) is 27.1. The molecular weight excluding hydrogens is 460 g/mol. The Kier molecular flexibility index (Phi) is 29.8. The van der Waals surface area contributed by atoms with Gasteiger partial charge in [-0.05, 0) is 44.9 Å². The van der Waals surface area contributed by atoms with Crippen molar-refractivity contribution >= 4 is 11.9 Å². The van der Waals surface area contributed by atoms with Gasteiger partial charge in [-0.1, -0.05) is 135 Å². The van der Waals surface area contributed by atoms with Crippen molar-refractivity contribution in [3.63, 3.8) is 0 Å². The molecule has 218 valence electrons. The molecule has 0 saturated heterocycles. The third-order valence-electron chi connectivity index (χ3n) is 7.19. The zero-order valence-corrected chi connectivity index (χ0v) is 24.6. The van der Waals surface area contributed by atoms with Crippen molar-refractivity contribution in [2.45, 2.75) is 180 Å². The highest BCUT2D eigenvalue weighted by molar-refractivity contribution is 5.69. The van der Waals surface area contributed by atoms with E-state index in [1.807, 2.05) is 0 Å². The number of hydrogen-bond acceptors (Lipinski definition) is 3. The van der Waals surface area contributed by atoms with Crippen molar-refractivity contribution < 1.29 is 19.4 Å². The van der Waals surface area contributed by atoms with Crippen LogP contribution in [0.25, 0.3) is 0 Å². The summed E-state index contributed by atoms with van der Waals surface area (Å²) in [6.45, 7) is 2.87. The summed E-state index contributed by atoms with van der Waals surface area (Å²) in [6.07, 6.45) is 36.3. The molecule has 1 N–H and O–H groups in total. The number of aliphatic carboxylic acids is 1. The maximum Gasteiger partial charge on any atom is 0.305 e. The Morgan fingerprint density at radius 3 is 1.35 bits per heavy atom. The van der Waals surface area contributed by atoms with Crippen LogP contribution in [-0.4, -0.2) is 23.7 Å². The number of esters is 1. The molecule has 0 aromatic carbocycles. The lowest BCUT2D eigenvalue weighted by Gasteiger charge is -2.05. The molecule has 0 aromatic rings. The Hall–Kier alpha value is -1.32. The number of carbonyl (C=O) groups excluding carboxylic acids is 1. The van der Waals surface area contributed by atoms with Crippen LogP contribution in [-0.2, 0) is 14.3 Å². The predicted octanol–water partition coefficient (Wildman–Crippen LogP) is 10.7. The SMILES string of the molecule is CCCCCCCC/C=C\CCCCCCCCOC(=O)CCCCCCCCCCCCCC(=O)O. The zero-order valence-electron chi connectivity index (χ0n) is 24.6. The van der Waals surface area contributed by atoms with Gasteiger partial charge in [0, 0.05) is 12.8 Å². The molecule has 0 heterocycles. The molecule has 0 fully saturated rings. The van der Waals surface area contributed by atoms with Crippen LogP contribution in [0.2, 0.25) is 0 Å². The molecule has 4 heteroatoms. The Labute approximate surface area is 230 Å². The van der Waals surface area contributed by atoms with Crippen LogP contribution in [0, 0.1) is 0 Å². The summed E-state index contributed by atoms with van der Waals surface area (Å²) < 4.78 is 5.39. The number of carboxylic acid groups (broad SMARTS) is 1. The molecule has 0 unspecified atom stereocenters. The summed E-state index contributed by atoms with van der Waals surface area (Å²) in [6, 6.07) is 0. The Morgan fingerprint density at radius 2 is 0.892 bits per heavy atom. The van der Waals surface area contributed by atoms with E-state index in [0.29, 0.717) is 19.4 Å². The van der Waals surface area contributed by atoms with Crippen molar-refractivity contribution in [1.82, 2.24) is 0 Å². The van der Waals surface area contributed by atoms with E-state index in [0.717, 1.165) is 38.5 Å². The molecule has 0 aliphatic heterocycles. The largest absolute Gasteiger partial charge is 0.481 e. The minimum absolute atomic E-state index is 0.0179. The van der Waals surface area contributed by atoms with Gasteiger partial charge in [-0.25, -0.2) is 0 Å². The standard InChI is InChI=1S/C33H62O4/c1-2-3-4-5-6-7-8-9-10-11-12-16-19-22-25-28-31-37-33(36)30-27-24-21-18-15-13-14-17-20-23-26-29-32(34)35/h9-10H,2-8,11-31H2,1H3,(H,34,35)/b10-9-. The van der Waals surface area contributed by atoms with E-state index in [9.17, 15) is 9.59 Å². The highest BCUT2D eigenvalue weighted by Crippen LogP contribution is 2.13. The summed E-state index contributed by atoms with van der Waals surface area (Å²) in [5.41, 5.74) is 0. The number of carbonyl (C=O) groups is 2. The first-order valence-electron chi connectivity index (χ1n) is 16.2. The number of unbranched alkanes of at least 4 members (excludes halogenated alkanes) is 22. The number of carboxylic acids is 1. The second-order valence-corrected chi connectivity index (χ2v) is 10.9. The highest BCUT2D eigenvalue weighted by Gasteiger charge is 2.03. The molecule has 0 rings (SSSR count). The molecule has 0 aromatic heterocycles. The summed E-state index contributed by atoms with van der Waals surface area (Å²) >= 11 is 0. The number of ether oxygens (including phenoxy) is 1. The van der Waals surface area contributed by atoms with Gasteiger partial charge in [0.25, 0.3) is 0 Å². The molecular formula is C33H62O4. The third-order valence-corrected chi connectivity index (χ3v) is 7.19. The molecule has 0 aliphatic carbocycles. The van der Waals surface area contributed by atoms with E-state index in [1.165, 1.54) is 122 Å². The number of rotatable bonds is 30. The van der Waals surface area contributed by atoms with E-state index in [-0.39, 0.29) is 5.97 Å². The quantitative estimate of drug-likeness (QED) is 0.0578. The smallest absolute Gasteiger partial charge is 0.305 e. The Bertz CT molecular complexity index is 514. The maximum atomic E-state index is 11.9. The van der Waals surface area contributed by atoms with Crippen LogP contribution < -0.4 is 0 Å². The highest BCUT2D eigenvalue weighted by atomic mass is 16.5. The second-order valence-electron chi connectivity index (χ2n) is 10.9. The minimum Gasteiger partial charge on any atom is -0.481 e. The molecule has 37 heavy (non-hydrogen) atoms. The van der Waals surface area contributed by atoms with Gasteiger partial charge < -0.3 is 9.84 Å². The van der Waals surface area contributed by atoms with Crippen LogP contribution in [0.4, 0.5) is 0 Å². The lowest BCUT2D eigenvalue weighted by Crippen LogP contribution is -2.05. The molecule has 0 saturated carbocycles. The van der Waals surface area contributed by atoms with E-state index < -0.39 is 5.97 Å². The van der Waals surface area contributed by atoms with E-state index in [4.69, 9.17) is 9.84 Å². The van der Waals surface area contributed by atoms with Gasteiger partial charge in [-0.3, -0.25) is 9.59 Å². The monoisotopic (exact) mass is 522 g/mol. The topological polar surface area (TPSA) is 63.6 Å². The average Bonchev–Trinajstić information content (AvgIpc) is 2.88. The normalized spacial score (nSPS) is 11.4. The fourth-order valence-electron chi connectivity index (χ4n) is 4.74. The minimum atomic E-state index is -0.679. The van der Waals surface area contributed by atoms with Gasteiger partial charge in [-0.15, -0.1) is 0 Å². The maximum absolute atomic E-state index is 11.9. The van der Waals surface area contributed by atoms with Gasteiger partial charge in [0.1, 0.15) is 0 Å². The fourth-order valence-corrected chi connectivity index (χ4v) is 4.74. The number of hydrogen-bond donors (Lipinski definition) is 1. The van der Waals surface area contributed by atoms with Gasteiger partial charge in [0.15, 0.2) is 0 Å². The molecule has 4 nitrogen and oxygen atoms in total. The van der Waals surface area contributed by atoms with E-state index in [1.54, 1.807) is 0 Å². The second kappa shape index (κ2) is 30.9. The first kappa shape index (κ1) is 35.7. The van der Waals surface area contributed by atoms with Gasteiger partial charge >= 0.3 is 11.9 Å². The van der Waals surface area contributed by atoms with Crippen molar-refractivity contribution in [2.24, 2.45) is 0 Å². The molecule has 0 bridgehead atoms. The molecule has 0 aliphatic rings. The molecule has 0 spiro atoms. The lowest BCUT2D eigenvalue weighted by atomic mass is 10.0. The van der Waals surface area contributed by atoms with Crippen LogP contribution in [0.15, 0.2) is 12.2 Å². The van der Waals surface area contributed by atoms with Crippen molar-refractivity contribution in [2.75, 3.05) is 6.61 Å². The van der Waals surface area contributed by atoms with Gasteiger partial charge in [-0.2, -0.15) is 0 Å². The molecule has 0 atom stereocenters. The fraction of sp³-hybridized carbons (Fsp3) is 0.879. The van der Waals surface area contributed by atoms with Crippen LogP contribution >= 0.6 is 0 Å². The van der Waals surface area contributed by atoms with Crippen LogP contribution in [0.5, 0.6) is 0 Å². The molecule has 0 radical (unpaired) electrons. The van der Waals surface area contributed by atoms with Crippen molar-refractivity contribution in [3.8, 4) is 0 Å². The number of allylic oxidation sites excluding steroid dienone is 2. The molecule has 0 amide bonds. The summed E-state index contributed by atoms with van der Waals surface area (Å²) in [5, 5.41) is 8.61. The first-order chi connectivity index (χ1) is 18.2. The van der Waals surface area contributed by atoms with Gasteiger partial charge in [0.2, 0.25) is 0 Å². The lowest BCUT2D eigenvalue weighted by molar-refractivity contribution is -0.144. The van der Waals surface area contributed by atoms with E-state index >= 15 is 0 Å². The summed E-state index contributed by atoms with van der Waals surface area (Å²) in [5.74, 6) is -0.697. The van der Waals surface area contributed by atoms with Crippen LogP contribution in [0.3, 0.4) is 0 Å². The summed E-state index contributed by atoms with van der Waals surface area (Å²) in [4.78, 5) is 22.3. The average molecular weight is 523 g/mol. The van der Waals surface area contributed by atoms with Crippen molar-refractivity contribution in [3.05, 3.63) is 12.2 Å². The van der Waals surface area contributed by atoms with Crippen LogP contribution in [0.1, 0.15) is 180 Å². The van der Waals surface area contributed by atoms with Crippen molar-refractivity contribution in [1.29, 1.82) is 0 Å². The first-order valence-corrected chi connectivity index (χ1v) is 16.2. The Morgan fingerprint density at radius 1 is 0.514 bits per heavy atom. The van der Waals surface area contributed by atoms with Gasteiger partial charge in [0.05, 0.1) is 6.61 Å². The van der Waals surface area contributed by atoms with E-state index in [2.05, 4.69) is 19.1 Å². The summed E-state index contributed by atoms with van der Waals surface area (Å²) in [7, 11) is 0. The predicted molar refractivity (Wildman–Crippen MR) is 158 cm³/mol. The third kappa shape index (κ3) is 32.7.